The average molecular weight is 242 g/mol. The van der Waals surface area contributed by atoms with Gasteiger partial charge in [-0.3, -0.25) is 9.69 Å². The van der Waals surface area contributed by atoms with Crippen molar-refractivity contribution in [3.8, 4) is 0 Å². The summed E-state index contributed by atoms with van der Waals surface area (Å²) in [6.07, 6.45) is 3.80. The maximum Gasteiger partial charge on any atom is 0.237 e. The van der Waals surface area contributed by atoms with Gasteiger partial charge in [-0.15, -0.1) is 0 Å². The first-order chi connectivity index (χ1) is 8.04. The molecule has 0 heterocycles. The number of aliphatic hydroxyl groups is 1. The van der Waals surface area contributed by atoms with Crippen molar-refractivity contribution in [2.24, 2.45) is 5.92 Å². The van der Waals surface area contributed by atoms with Crippen LogP contribution >= 0.6 is 0 Å². The first-order valence-electron chi connectivity index (χ1n) is 6.70. The molecule has 1 atom stereocenters. The van der Waals surface area contributed by atoms with Gasteiger partial charge in [0.05, 0.1) is 12.1 Å². The number of rotatable bonds is 7. The summed E-state index contributed by atoms with van der Waals surface area (Å²) in [6.45, 7) is 5.73. The summed E-state index contributed by atoms with van der Waals surface area (Å²) in [5.41, 5.74) is 0. The molecular formula is C13H26N2O2. The van der Waals surface area contributed by atoms with Gasteiger partial charge in [-0.25, -0.2) is 0 Å². The molecule has 4 heteroatoms. The molecule has 1 amide bonds. The van der Waals surface area contributed by atoms with Crippen molar-refractivity contribution in [3.63, 3.8) is 0 Å². The lowest BCUT2D eigenvalue weighted by Crippen LogP contribution is -2.47. The van der Waals surface area contributed by atoms with Crippen LogP contribution in [0.2, 0.25) is 0 Å². The van der Waals surface area contributed by atoms with E-state index in [2.05, 4.69) is 17.1 Å². The van der Waals surface area contributed by atoms with Crippen molar-refractivity contribution in [1.82, 2.24) is 10.2 Å². The molecule has 2 N–H and O–H groups in total. The minimum absolute atomic E-state index is 0.0791. The van der Waals surface area contributed by atoms with Gasteiger partial charge in [0, 0.05) is 13.1 Å². The summed E-state index contributed by atoms with van der Waals surface area (Å²) >= 11 is 0. The molecule has 1 unspecified atom stereocenters. The molecule has 1 fully saturated rings. The fourth-order valence-electron chi connectivity index (χ4n) is 2.15. The predicted molar refractivity (Wildman–Crippen MR) is 68.7 cm³/mol. The Kier molecular flexibility index (Phi) is 5.92. The highest BCUT2D eigenvalue weighted by Crippen LogP contribution is 2.27. The van der Waals surface area contributed by atoms with Crippen LogP contribution in [0.1, 0.15) is 39.5 Å². The van der Waals surface area contributed by atoms with E-state index in [0.717, 1.165) is 38.8 Å². The van der Waals surface area contributed by atoms with Crippen LogP contribution in [0.15, 0.2) is 0 Å². The third-order valence-electron chi connectivity index (χ3n) is 3.63. The van der Waals surface area contributed by atoms with Gasteiger partial charge in [-0.05, 0) is 39.2 Å². The first kappa shape index (κ1) is 14.5. The number of carbonyl (C=O) groups excluding carboxylic acids is 1. The highest BCUT2D eigenvalue weighted by molar-refractivity contribution is 5.81. The zero-order valence-corrected chi connectivity index (χ0v) is 11.3. The molecule has 4 nitrogen and oxygen atoms in total. The van der Waals surface area contributed by atoms with E-state index in [1.54, 1.807) is 0 Å². The topological polar surface area (TPSA) is 52.6 Å². The van der Waals surface area contributed by atoms with Gasteiger partial charge in [0.25, 0.3) is 0 Å². The number of likely N-dealkylation sites (N-methyl/N-ethyl adjacent to an activating group) is 1. The minimum Gasteiger partial charge on any atom is -0.393 e. The minimum atomic E-state index is -0.109. The molecule has 0 aliphatic heterocycles. The summed E-state index contributed by atoms with van der Waals surface area (Å²) in [5.74, 6) is 0.668. The summed E-state index contributed by atoms with van der Waals surface area (Å²) in [6, 6.07) is -0.0791. The van der Waals surface area contributed by atoms with Crippen molar-refractivity contribution >= 4 is 5.91 Å². The summed E-state index contributed by atoms with van der Waals surface area (Å²) in [7, 11) is 1.98. The zero-order valence-electron chi connectivity index (χ0n) is 11.3. The summed E-state index contributed by atoms with van der Waals surface area (Å²) < 4.78 is 0. The Morgan fingerprint density at radius 3 is 2.71 bits per heavy atom. The van der Waals surface area contributed by atoms with Gasteiger partial charge in [0.1, 0.15) is 0 Å². The lowest BCUT2D eigenvalue weighted by atomic mass is 9.82. The monoisotopic (exact) mass is 242 g/mol. The molecule has 1 aliphatic rings. The highest BCUT2D eigenvalue weighted by Gasteiger charge is 2.30. The third kappa shape index (κ3) is 4.64. The Morgan fingerprint density at radius 1 is 1.53 bits per heavy atom. The average Bonchev–Trinajstić information content (AvgIpc) is 2.26. The van der Waals surface area contributed by atoms with Crippen LogP contribution in [0.5, 0.6) is 0 Å². The molecule has 1 saturated carbocycles. The van der Waals surface area contributed by atoms with Gasteiger partial charge in [-0.1, -0.05) is 13.3 Å². The Labute approximate surface area is 104 Å². The van der Waals surface area contributed by atoms with Crippen LogP contribution in [0.3, 0.4) is 0 Å². The fraction of sp³-hybridized carbons (Fsp3) is 0.923. The van der Waals surface area contributed by atoms with E-state index in [-0.39, 0.29) is 18.1 Å². The number of amides is 1. The molecule has 0 saturated heterocycles. The second-order valence-electron chi connectivity index (χ2n) is 5.25. The third-order valence-corrected chi connectivity index (χ3v) is 3.63. The zero-order chi connectivity index (χ0) is 12.8. The van der Waals surface area contributed by atoms with E-state index in [0.29, 0.717) is 5.92 Å². The van der Waals surface area contributed by atoms with Crippen LogP contribution < -0.4 is 5.32 Å². The van der Waals surface area contributed by atoms with Crippen molar-refractivity contribution in [2.75, 3.05) is 20.1 Å². The molecule has 1 aliphatic carbocycles. The van der Waals surface area contributed by atoms with Crippen molar-refractivity contribution in [2.45, 2.75) is 51.7 Å². The second kappa shape index (κ2) is 6.97. The molecule has 0 aromatic heterocycles. The first-order valence-corrected chi connectivity index (χ1v) is 6.70. The normalized spacial score (nSPS) is 25.5. The van der Waals surface area contributed by atoms with Crippen molar-refractivity contribution in [3.05, 3.63) is 0 Å². The summed E-state index contributed by atoms with van der Waals surface area (Å²) in [4.78, 5) is 13.9. The highest BCUT2D eigenvalue weighted by atomic mass is 16.3. The van der Waals surface area contributed by atoms with Gasteiger partial charge in [-0.2, -0.15) is 0 Å². The van der Waals surface area contributed by atoms with Crippen LogP contribution in [-0.4, -0.2) is 48.2 Å². The Balaban J connectivity index is 2.20. The molecule has 17 heavy (non-hydrogen) atoms. The maximum atomic E-state index is 11.8. The lowest BCUT2D eigenvalue weighted by molar-refractivity contribution is -0.125. The van der Waals surface area contributed by atoms with Crippen LogP contribution in [0.25, 0.3) is 0 Å². The number of unbranched alkanes of at least 4 members (excludes halogenated alkanes) is 1. The van der Waals surface area contributed by atoms with Gasteiger partial charge in [0.2, 0.25) is 5.91 Å². The molecule has 1 rings (SSSR count). The molecule has 0 bridgehead atoms. The van der Waals surface area contributed by atoms with Crippen molar-refractivity contribution in [1.29, 1.82) is 0 Å². The molecule has 0 radical (unpaired) electrons. The van der Waals surface area contributed by atoms with E-state index in [9.17, 15) is 9.90 Å². The SMILES string of the molecule is CCCCNC(=O)C(C)N(C)CC1CC(O)C1. The Hall–Kier alpha value is -0.610. The Bertz CT molecular complexity index is 240. The summed E-state index contributed by atoms with van der Waals surface area (Å²) in [5, 5.41) is 12.2. The van der Waals surface area contributed by atoms with Crippen LogP contribution in [0.4, 0.5) is 0 Å². The molecule has 0 aromatic rings. The molecule has 100 valence electrons. The number of nitrogens with one attached hydrogen (secondary N) is 1. The Morgan fingerprint density at radius 2 is 2.18 bits per heavy atom. The van der Waals surface area contributed by atoms with E-state index in [4.69, 9.17) is 0 Å². The maximum absolute atomic E-state index is 11.8. The number of hydrogen-bond donors (Lipinski definition) is 2. The quantitative estimate of drug-likeness (QED) is 0.655. The fourth-order valence-corrected chi connectivity index (χ4v) is 2.15. The predicted octanol–water partition coefficient (Wildman–Crippen LogP) is 0.994. The molecular weight excluding hydrogens is 216 g/mol. The van der Waals surface area contributed by atoms with E-state index in [1.165, 1.54) is 0 Å². The van der Waals surface area contributed by atoms with Gasteiger partial charge in [0.15, 0.2) is 0 Å². The number of nitrogens with zero attached hydrogens (tertiary/aromatic N) is 1. The standard InChI is InChI=1S/C13H26N2O2/c1-4-5-6-14-13(17)10(2)15(3)9-11-7-12(16)8-11/h10-12,16H,4-9H2,1-3H3,(H,14,17). The van der Waals surface area contributed by atoms with Gasteiger partial charge < -0.3 is 10.4 Å². The van der Waals surface area contributed by atoms with E-state index >= 15 is 0 Å². The van der Waals surface area contributed by atoms with E-state index < -0.39 is 0 Å². The molecule has 0 aromatic carbocycles. The smallest absolute Gasteiger partial charge is 0.237 e. The lowest BCUT2D eigenvalue weighted by Gasteiger charge is -2.36. The van der Waals surface area contributed by atoms with Crippen LogP contribution in [0, 0.1) is 5.92 Å². The largest absolute Gasteiger partial charge is 0.393 e. The van der Waals surface area contributed by atoms with Gasteiger partial charge >= 0.3 is 0 Å². The number of aliphatic hydroxyl groups excluding tert-OH is 1. The molecule has 0 spiro atoms. The number of hydrogen-bond acceptors (Lipinski definition) is 3. The van der Waals surface area contributed by atoms with E-state index in [1.807, 2.05) is 14.0 Å². The number of carbonyl (C=O) groups is 1. The van der Waals surface area contributed by atoms with Crippen molar-refractivity contribution < 1.29 is 9.90 Å². The second-order valence-corrected chi connectivity index (χ2v) is 5.25. The van der Waals surface area contributed by atoms with Crippen LogP contribution in [-0.2, 0) is 4.79 Å².